The molecule has 0 aromatic heterocycles. The highest BCUT2D eigenvalue weighted by molar-refractivity contribution is 7.89. The Morgan fingerprint density at radius 1 is 0.914 bits per heavy atom. The van der Waals surface area contributed by atoms with Crippen LogP contribution < -0.4 is 4.72 Å². The summed E-state index contributed by atoms with van der Waals surface area (Å²) in [6, 6.07) is 9.12. The average Bonchev–Trinajstić information content (AvgIpc) is 2.76. The number of rotatable bonds is 13. The molecule has 0 saturated carbocycles. The van der Waals surface area contributed by atoms with Crippen LogP contribution in [0, 0.1) is 5.82 Å². The third-order valence-corrected chi connectivity index (χ3v) is 6.80. The first-order chi connectivity index (χ1) is 16.2. The standard InChI is InChI=1S/C23H25F6NO4S/c24-18-11-13-19(14-12-18)35(33,34)30-20(5-3-15-22(25,26)23(27,28)29)17-9-7-16(8-10-17)4-1-2-6-21(31)32/h7-14,20,30H,1-6,15H2,(H,31,32). The zero-order valence-electron chi connectivity index (χ0n) is 18.5. The molecule has 12 heteroatoms. The maximum Gasteiger partial charge on any atom is 0.453 e. The molecule has 0 bridgehead atoms. The van der Waals surface area contributed by atoms with Gasteiger partial charge in [0, 0.05) is 18.9 Å². The molecular weight excluding hydrogens is 500 g/mol. The predicted molar refractivity (Wildman–Crippen MR) is 116 cm³/mol. The fourth-order valence-corrected chi connectivity index (χ4v) is 4.61. The summed E-state index contributed by atoms with van der Waals surface area (Å²) in [6.45, 7) is 0. The van der Waals surface area contributed by atoms with E-state index in [1.165, 1.54) is 12.1 Å². The molecule has 0 aliphatic rings. The summed E-state index contributed by atoms with van der Waals surface area (Å²) in [7, 11) is -4.24. The maximum absolute atomic E-state index is 13.3. The van der Waals surface area contributed by atoms with E-state index in [9.17, 15) is 39.6 Å². The van der Waals surface area contributed by atoms with E-state index in [0.717, 1.165) is 29.8 Å². The topological polar surface area (TPSA) is 83.5 Å². The maximum atomic E-state index is 13.3. The number of hydrogen-bond acceptors (Lipinski definition) is 3. The second-order valence-electron chi connectivity index (χ2n) is 8.06. The number of unbranched alkanes of at least 4 members (excludes halogenated alkanes) is 1. The van der Waals surface area contributed by atoms with Crippen molar-refractivity contribution in [3.63, 3.8) is 0 Å². The summed E-state index contributed by atoms with van der Waals surface area (Å²) in [6.07, 6.45) is -6.55. The number of aliphatic carboxylic acids is 1. The van der Waals surface area contributed by atoms with Crippen LogP contribution >= 0.6 is 0 Å². The number of carboxylic acids is 1. The van der Waals surface area contributed by atoms with Gasteiger partial charge in [0.2, 0.25) is 10.0 Å². The Kier molecular flexibility index (Phi) is 9.73. The van der Waals surface area contributed by atoms with Gasteiger partial charge in [-0.25, -0.2) is 17.5 Å². The monoisotopic (exact) mass is 525 g/mol. The lowest BCUT2D eigenvalue weighted by Gasteiger charge is -2.23. The first-order valence-corrected chi connectivity index (χ1v) is 12.2. The Hall–Kier alpha value is -2.60. The lowest BCUT2D eigenvalue weighted by molar-refractivity contribution is -0.284. The predicted octanol–water partition coefficient (Wildman–Crippen LogP) is 6.01. The minimum absolute atomic E-state index is 0.0217. The van der Waals surface area contributed by atoms with Crippen LogP contribution in [0.25, 0.3) is 0 Å². The SMILES string of the molecule is O=C(O)CCCCc1ccc(C(CCCC(F)(F)C(F)(F)F)NS(=O)(=O)c2ccc(F)cc2)cc1. The summed E-state index contributed by atoms with van der Waals surface area (Å²) in [5.74, 6) is -6.49. The lowest BCUT2D eigenvalue weighted by Crippen LogP contribution is -2.36. The molecule has 1 atom stereocenters. The lowest BCUT2D eigenvalue weighted by atomic mass is 9.98. The van der Waals surface area contributed by atoms with Crippen molar-refractivity contribution >= 4 is 16.0 Å². The Labute approximate surface area is 199 Å². The molecule has 0 aliphatic carbocycles. The number of carboxylic acid groups (broad SMARTS) is 1. The van der Waals surface area contributed by atoms with Crippen molar-refractivity contribution < 1.29 is 44.7 Å². The van der Waals surface area contributed by atoms with Crippen LogP contribution in [0.3, 0.4) is 0 Å². The van der Waals surface area contributed by atoms with E-state index in [2.05, 4.69) is 4.72 Å². The van der Waals surface area contributed by atoms with E-state index in [1.807, 2.05) is 0 Å². The minimum Gasteiger partial charge on any atom is -0.481 e. The molecule has 5 nitrogen and oxygen atoms in total. The molecule has 2 N–H and O–H groups in total. The highest BCUT2D eigenvalue weighted by Crippen LogP contribution is 2.39. The van der Waals surface area contributed by atoms with Crippen LogP contribution in [0.15, 0.2) is 53.4 Å². The van der Waals surface area contributed by atoms with Gasteiger partial charge in [0.1, 0.15) is 5.82 Å². The number of nitrogens with one attached hydrogen (secondary N) is 1. The second kappa shape index (κ2) is 11.9. The zero-order chi connectivity index (χ0) is 26.3. The molecule has 0 spiro atoms. The molecule has 1 unspecified atom stereocenters. The Morgan fingerprint density at radius 3 is 2.06 bits per heavy atom. The van der Waals surface area contributed by atoms with Crippen molar-refractivity contribution in [3.05, 3.63) is 65.5 Å². The van der Waals surface area contributed by atoms with Gasteiger partial charge in [0.15, 0.2) is 0 Å². The van der Waals surface area contributed by atoms with E-state index >= 15 is 0 Å². The normalized spacial score (nSPS) is 13.5. The summed E-state index contributed by atoms with van der Waals surface area (Å²) >= 11 is 0. The van der Waals surface area contributed by atoms with Gasteiger partial charge in [-0.05, 0) is 67.5 Å². The molecule has 35 heavy (non-hydrogen) atoms. The van der Waals surface area contributed by atoms with Gasteiger partial charge in [-0.3, -0.25) is 4.79 Å². The highest BCUT2D eigenvalue weighted by Gasteiger charge is 2.56. The van der Waals surface area contributed by atoms with Crippen molar-refractivity contribution in [1.82, 2.24) is 4.72 Å². The van der Waals surface area contributed by atoms with Crippen LogP contribution in [0.1, 0.15) is 55.7 Å². The number of halogens is 6. The molecule has 0 radical (unpaired) electrons. The van der Waals surface area contributed by atoms with Crippen LogP contribution in [-0.2, 0) is 21.2 Å². The first-order valence-electron chi connectivity index (χ1n) is 10.7. The van der Waals surface area contributed by atoms with Gasteiger partial charge in [0.05, 0.1) is 4.90 Å². The number of benzene rings is 2. The van der Waals surface area contributed by atoms with Crippen molar-refractivity contribution in [2.24, 2.45) is 0 Å². The minimum atomic E-state index is -5.71. The smallest absolute Gasteiger partial charge is 0.453 e. The fourth-order valence-electron chi connectivity index (χ4n) is 3.35. The van der Waals surface area contributed by atoms with Crippen molar-refractivity contribution in [1.29, 1.82) is 0 Å². The first kappa shape index (κ1) is 28.6. The van der Waals surface area contributed by atoms with Crippen LogP contribution in [-0.4, -0.2) is 31.6 Å². The van der Waals surface area contributed by atoms with Gasteiger partial charge >= 0.3 is 18.1 Å². The van der Waals surface area contributed by atoms with Crippen LogP contribution in [0.4, 0.5) is 26.3 Å². The average molecular weight is 526 g/mol. The van der Waals surface area contributed by atoms with Gasteiger partial charge in [-0.2, -0.15) is 22.0 Å². The van der Waals surface area contributed by atoms with E-state index in [4.69, 9.17) is 5.11 Å². The van der Waals surface area contributed by atoms with Gasteiger partial charge in [0.25, 0.3) is 0 Å². The van der Waals surface area contributed by atoms with E-state index in [-0.39, 0.29) is 17.7 Å². The van der Waals surface area contributed by atoms with Crippen LogP contribution in [0.5, 0.6) is 0 Å². The molecule has 2 aromatic rings. The molecule has 0 amide bonds. The van der Waals surface area contributed by atoms with E-state index in [1.54, 1.807) is 12.1 Å². The largest absolute Gasteiger partial charge is 0.481 e. The zero-order valence-corrected chi connectivity index (χ0v) is 19.3. The molecule has 0 saturated heterocycles. The molecule has 2 aromatic carbocycles. The van der Waals surface area contributed by atoms with Gasteiger partial charge in [-0.1, -0.05) is 24.3 Å². The molecule has 0 fully saturated rings. The molecule has 0 heterocycles. The Balaban J connectivity index is 2.17. The van der Waals surface area contributed by atoms with Crippen molar-refractivity contribution in [3.8, 4) is 0 Å². The summed E-state index contributed by atoms with van der Waals surface area (Å²) in [5.41, 5.74) is 1.17. The molecule has 2 rings (SSSR count). The fraction of sp³-hybridized carbons (Fsp3) is 0.435. The van der Waals surface area contributed by atoms with E-state index < -0.39 is 52.8 Å². The van der Waals surface area contributed by atoms with Gasteiger partial charge < -0.3 is 5.11 Å². The number of sulfonamides is 1. The summed E-state index contributed by atoms with van der Waals surface area (Å²) < 4.78 is 105. The number of aryl methyl sites for hydroxylation is 1. The molecule has 194 valence electrons. The number of hydrogen-bond donors (Lipinski definition) is 2. The third kappa shape index (κ3) is 8.84. The van der Waals surface area contributed by atoms with Crippen molar-refractivity contribution in [2.75, 3.05) is 0 Å². The third-order valence-electron chi connectivity index (χ3n) is 5.31. The van der Waals surface area contributed by atoms with E-state index in [0.29, 0.717) is 24.8 Å². The van der Waals surface area contributed by atoms with Crippen molar-refractivity contribution in [2.45, 2.75) is 68.0 Å². The highest BCUT2D eigenvalue weighted by atomic mass is 32.2. The van der Waals surface area contributed by atoms with Crippen LogP contribution in [0.2, 0.25) is 0 Å². The Bertz CT molecular complexity index is 1070. The molecule has 0 aliphatic heterocycles. The quantitative estimate of drug-likeness (QED) is 0.248. The molecular formula is C23H25F6NO4S. The number of carbonyl (C=O) groups is 1. The summed E-state index contributed by atoms with van der Waals surface area (Å²) in [5, 5.41) is 8.68. The second-order valence-corrected chi connectivity index (χ2v) is 9.78. The summed E-state index contributed by atoms with van der Waals surface area (Å²) in [4.78, 5) is 10.3. The Morgan fingerprint density at radius 2 is 1.51 bits per heavy atom. The van der Waals surface area contributed by atoms with Gasteiger partial charge in [-0.15, -0.1) is 0 Å². The number of alkyl halides is 5.